The van der Waals surface area contributed by atoms with Crippen LogP contribution in [0.1, 0.15) is 41.6 Å². The van der Waals surface area contributed by atoms with Gasteiger partial charge in [-0.25, -0.2) is 4.72 Å². The molecule has 1 aliphatic carbocycles. The van der Waals surface area contributed by atoms with E-state index >= 15 is 0 Å². The van der Waals surface area contributed by atoms with Crippen LogP contribution < -0.4 is 24.8 Å². The minimum absolute atomic E-state index is 0.0621. The lowest BCUT2D eigenvalue weighted by molar-refractivity contribution is 0.0932. The van der Waals surface area contributed by atoms with Gasteiger partial charge in [-0.15, -0.1) is 0 Å². The highest BCUT2D eigenvalue weighted by molar-refractivity contribution is 7.87. The van der Waals surface area contributed by atoms with Crippen molar-refractivity contribution in [2.75, 3.05) is 32.1 Å². The summed E-state index contributed by atoms with van der Waals surface area (Å²) in [6.45, 7) is 0.722. The quantitative estimate of drug-likeness (QED) is 0.229. The van der Waals surface area contributed by atoms with Crippen molar-refractivity contribution in [3.63, 3.8) is 0 Å². The topological polar surface area (TPSA) is 147 Å². The Morgan fingerprint density at radius 1 is 0.975 bits per heavy atom. The highest BCUT2D eigenvalue weighted by Crippen LogP contribution is 2.39. The van der Waals surface area contributed by atoms with Gasteiger partial charge < -0.3 is 15.4 Å². The molecule has 1 aromatic heterocycles. The van der Waals surface area contributed by atoms with Crippen LogP contribution in [0.2, 0.25) is 10.6 Å². The molecule has 11 nitrogen and oxygen atoms in total. The summed E-state index contributed by atoms with van der Waals surface area (Å²) in [5.74, 6) is 0.449. The zero-order valence-electron chi connectivity index (χ0n) is 21.9. The molecule has 4 N–H and O–H groups in total. The Kier molecular flexibility index (Phi) is 10.1. The van der Waals surface area contributed by atoms with Crippen LogP contribution in [0.4, 0.5) is 5.95 Å². The molecule has 1 aliphatic rings. The van der Waals surface area contributed by atoms with Crippen LogP contribution in [0, 0.1) is 0 Å². The number of hydrogen-bond acceptors (Lipinski definition) is 8. The summed E-state index contributed by atoms with van der Waals surface area (Å²) in [6.07, 6.45) is 2.61. The van der Waals surface area contributed by atoms with Gasteiger partial charge in [-0.1, -0.05) is 42.5 Å². The summed E-state index contributed by atoms with van der Waals surface area (Å²) in [6, 6.07) is 16.9. The maximum absolute atomic E-state index is 13.0. The molecule has 1 fully saturated rings. The summed E-state index contributed by atoms with van der Waals surface area (Å²) in [4.78, 5) is 24.4. The number of nitrogens with zero attached hydrogens (tertiary/aromatic N) is 3. The van der Waals surface area contributed by atoms with Crippen LogP contribution in [0.25, 0.3) is 0 Å². The standard InChI is InChI=1S/C26H31Cl2N7O4S/c1-39-21-10-6-5-9-20(21)22(36)30-17-26(18-7-3-2-4-8-18)13-11-19(12-14-26)35-40(37,38)31-16-15-29-25-33-23(27)32-24(28)34-25/h2-10,19,31,35H,11-17H2,1H3,(H,30,36)(H,29,32,33,34)/t19-,26-. The first-order chi connectivity index (χ1) is 19.2. The van der Waals surface area contributed by atoms with E-state index < -0.39 is 10.2 Å². The lowest BCUT2D eigenvalue weighted by Gasteiger charge is -2.41. The molecule has 1 amide bonds. The van der Waals surface area contributed by atoms with Crippen molar-refractivity contribution in [3.05, 3.63) is 76.3 Å². The molecule has 14 heteroatoms. The molecule has 0 saturated heterocycles. The van der Waals surface area contributed by atoms with Crippen molar-refractivity contribution in [1.82, 2.24) is 29.7 Å². The van der Waals surface area contributed by atoms with Gasteiger partial charge in [0.15, 0.2) is 0 Å². The van der Waals surface area contributed by atoms with E-state index in [-0.39, 0.29) is 47.0 Å². The fraction of sp³-hybridized carbons (Fsp3) is 0.385. The number of halogens is 2. The number of amides is 1. The minimum atomic E-state index is -3.75. The molecular weight excluding hydrogens is 577 g/mol. The summed E-state index contributed by atoms with van der Waals surface area (Å²) < 4.78 is 36.0. The molecule has 0 radical (unpaired) electrons. The van der Waals surface area contributed by atoms with E-state index in [1.54, 1.807) is 18.2 Å². The third kappa shape index (κ3) is 8.01. The Morgan fingerprint density at radius 3 is 2.30 bits per heavy atom. The van der Waals surface area contributed by atoms with E-state index in [1.807, 2.05) is 24.3 Å². The first-order valence-electron chi connectivity index (χ1n) is 12.7. The second-order valence-corrected chi connectivity index (χ2v) is 11.7. The summed E-state index contributed by atoms with van der Waals surface area (Å²) in [5.41, 5.74) is 1.25. The highest BCUT2D eigenvalue weighted by atomic mass is 35.5. The molecule has 3 aromatic rings. The van der Waals surface area contributed by atoms with E-state index in [2.05, 4.69) is 47.2 Å². The predicted molar refractivity (Wildman–Crippen MR) is 154 cm³/mol. The molecule has 1 saturated carbocycles. The van der Waals surface area contributed by atoms with Gasteiger partial charge in [-0.3, -0.25) is 4.79 Å². The van der Waals surface area contributed by atoms with Crippen LogP contribution in [0.3, 0.4) is 0 Å². The fourth-order valence-electron chi connectivity index (χ4n) is 4.85. The summed E-state index contributed by atoms with van der Waals surface area (Å²) in [7, 11) is -2.22. The number of nitrogens with one attached hydrogen (secondary N) is 4. The van der Waals surface area contributed by atoms with Crippen molar-refractivity contribution in [2.24, 2.45) is 0 Å². The van der Waals surface area contributed by atoms with E-state index in [9.17, 15) is 13.2 Å². The number of ether oxygens (including phenoxy) is 1. The first-order valence-corrected chi connectivity index (χ1v) is 15.0. The monoisotopic (exact) mass is 607 g/mol. The Morgan fingerprint density at radius 2 is 1.62 bits per heavy atom. The van der Waals surface area contributed by atoms with E-state index in [1.165, 1.54) is 7.11 Å². The average Bonchev–Trinajstić information content (AvgIpc) is 2.95. The molecule has 214 valence electrons. The number of rotatable bonds is 12. The smallest absolute Gasteiger partial charge is 0.277 e. The number of aromatic nitrogens is 3. The molecule has 0 unspecified atom stereocenters. The second kappa shape index (κ2) is 13.6. The van der Waals surface area contributed by atoms with E-state index in [0.29, 0.717) is 43.5 Å². The van der Waals surface area contributed by atoms with Crippen molar-refractivity contribution >= 4 is 45.3 Å². The molecular formula is C26H31Cl2N7O4S. The number of benzene rings is 2. The largest absolute Gasteiger partial charge is 0.496 e. The molecule has 2 aromatic carbocycles. The first kappa shape index (κ1) is 29.9. The minimum Gasteiger partial charge on any atom is -0.496 e. The van der Waals surface area contributed by atoms with Gasteiger partial charge >= 0.3 is 0 Å². The number of anilines is 1. The van der Waals surface area contributed by atoms with Gasteiger partial charge in [0.2, 0.25) is 16.5 Å². The summed E-state index contributed by atoms with van der Waals surface area (Å²) in [5, 5.41) is 5.81. The van der Waals surface area contributed by atoms with Crippen LogP contribution >= 0.6 is 23.2 Å². The van der Waals surface area contributed by atoms with E-state index in [4.69, 9.17) is 27.9 Å². The average molecular weight is 609 g/mol. The Bertz CT molecular complexity index is 1380. The predicted octanol–water partition coefficient (Wildman–Crippen LogP) is 3.33. The molecule has 0 atom stereocenters. The maximum Gasteiger partial charge on any atom is 0.277 e. The number of carbonyl (C=O) groups excluding carboxylic acids is 1. The normalized spacial score (nSPS) is 19.1. The fourth-order valence-corrected chi connectivity index (χ4v) is 6.34. The van der Waals surface area contributed by atoms with Crippen LogP contribution in [0.15, 0.2) is 54.6 Å². The maximum atomic E-state index is 13.0. The third-order valence-corrected chi connectivity index (χ3v) is 8.44. The van der Waals surface area contributed by atoms with Crippen LogP contribution in [0.5, 0.6) is 5.75 Å². The van der Waals surface area contributed by atoms with Gasteiger partial charge in [0, 0.05) is 31.1 Å². The lowest BCUT2D eigenvalue weighted by atomic mass is 9.68. The second-order valence-electron chi connectivity index (χ2n) is 9.44. The molecule has 0 bridgehead atoms. The molecule has 4 rings (SSSR count). The van der Waals surface area contributed by atoms with E-state index in [0.717, 1.165) is 5.56 Å². The zero-order valence-corrected chi connectivity index (χ0v) is 24.2. The van der Waals surface area contributed by atoms with Gasteiger partial charge in [-0.05, 0) is 66.6 Å². The number of carbonyl (C=O) groups is 1. The van der Waals surface area contributed by atoms with Crippen molar-refractivity contribution in [2.45, 2.75) is 37.1 Å². The Balaban J connectivity index is 1.33. The van der Waals surface area contributed by atoms with Gasteiger partial charge in [0.25, 0.3) is 16.1 Å². The molecule has 0 spiro atoms. The third-order valence-electron chi connectivity index (χ3n) is 6.87. The van der Waals surface area contributed by atoms with Crippen molar-refractivity contribution in [1.29, 1.82) is 0 Å². The number of para-hydroxylation sites is 1. The van der Waals surface area contributed by atoms with Gasteiger partial charge in [0.05, 0.1) is 12.7 Å². The number of hydrogen-bond donors (Lipinski definition) is 4. The zero-order chi connectivity index (χ0) is 28.6. The molecule has 40 heavy (non-hydrogen) atoms. The number of methoxy groups -OCH3 is 1. The van der Waals surface area contributed by atoms with Crippen molar-refractivity contribution in [3.8, 4) is 5.75 Å². The van der Waals surface area contributed by atoms with Gasteiger partial charge in [0.1, 0.15) is 5.75 Å². The van der Waals surface area contributed by atoms with Gasteiger partial charge in [-0.2, -0.15) is 28.1 Å². The molecule has 1 heterocycles. The highest BCUT2D eigenvalue weighted by Gasteiger charge is 2.38. The Labute approximate surface area is 243 Å². The molecule has 0 aliphatic heterocycles. The van der Waals surface area contributed by atoms with Crippen molar-refractivity contribution < 1.29 is 17.9 Å². The van der Waals surface area contributed by atoms with Crippen LogP contribution in [-0.4, -0.2) is 62.1 Å². The SMILES string of the molecule is COc1ccccc1C(=O)NC[C@]1(c2ccccc2)CC[C@H](NS(=O)(=O)NCCNc2nc(Cl)nc(Cl)n2)CC1. The lowest BCUT2D eigenvalue weighted by Crippen LogP contribution is -2.49. The van der Waals surface area contributed by atoms with Crippen LogP contribution in [-0.2, 0) is 15.6 Å². The Hall–Kier alpha value is -3.03. The summed E-state index contributed by atoms with van der Waals surface area (Å²) >= 11 is 11.5.